The maximum Gasteiger partial charge on any atom is 0.127 e. The zero-order valence-electron chi connectivity index (χ0n) is 11.5. The van der Waals surface area contributed by atoms with Gasteiger partial charge < -0.3 is 5.32 Å². The molecule has 2 rings (SSSR count). The van der Waals surface area contributed by atoms with Gasteiger partial charge in [-0.15, -0.1) is 0 Å². The lowest BCUT2D eigenvalue weighted by atomic mass is 9.92. The molecule has 0 amide bonds. The van der Waals surface area contributed by atoms with Crippen LogP contribution in [0.2, 0.25) is 0 Å². The molecule has 3 heteroatoms. The quantitative estimate of drug-likeness (QED) is 0.887. The Labute approximate surface area is 109 Å². The number of nitrogens with zero attached hydrogens (tertiary/aromatic N) is 1. The Morgan fingerprint density at radius 2 is 2.11 bits per heavy atom. The average Bonchev–Trinajstić information content (AvgIpc) is 2.34. The Balaban J connectivity index is 2.31. The largest absolute Gasteiger partial charge is 0.314 e. The Morgan fingerprint density at radius 3 is 2.72 bits per heavy atom. The predicted molar refractivity (Wildman–Crippen MR) is 73.1 cm³/mol. The fourth-order valence-electron chi connectivity index (χ4n) is 2.93. The minimum atomic E-state index is -0.0846. The Kier molecular flexibility index (Phi) is 4.03. The smallest absolute Gasteiger partial charge is 0.127 e. The molecule has 1 aromatic carbocycles. The van der Waals surface area contributed by atoms with Crippen molar-refractivity contribution in [2.24, 2.45) is 0 Å². The lowest BCUT2D eigenvalue weighted by Gasteiger charge is -2.47. The van der Waals surface area contributed by atoms with Gasteiger partial charge in [-0.05, 0) is 26.3 Å². The van der Waals surface area contributed by atoms with Crippen LogP contribution >= 0.6 is 0 Å². The second-order valence-electron chi connectivity index (χ2n) is 5.63. The van der Waals surface area contributed by atoms with E-state index in [0.717, 1.165) is 31.6 Å². The first kappa shape index (κ1) is 13.5. The van der Waals surface area contributed by atoms with Crippen LogP contribution in [-0.2, 0) is 0 Å². The summed E-state index contributed by atoms with van der Waals surface area (Å²) >= 11 is 0. The molecular formula is C15H23FN2. The maximum absolute atomic E-state index is 14.0. The van der Waals surface area contributed by atoms with E-state index in [1.807, 2.05) is 12.1 Å². The van der Waals surface area contributed by atoms with Gasteiger partial charge in [0.05, 0.1) is 0 Å². The van der Waals surface area contributed by atoms with Gasteiger partial charge in [0.25, 0.3) is 0 Å². The molecule has 1 fully saturated rings. The van der Waals surface area contributed by atoms with E-state index >= 15 is 0 Å². The number of hydrogen-bond acceptors (Lipinski definition) is 2. The van der Waals surface area contributed by atoms with Crippen LogP contribution in [0.25, 0.3) is 0 Å². The molecule has 0 bridgehead atoms. The summed E-state index contributed by atoms with van der Waals surface area (Å²) in [5.41, 5.74) is 0.899. The fourth-order valence-corrected chi connectivity index (χ4v) is 2.93. The van der Waals surface area contributed by atoms with Gasteiger partial charge in [-0.25, -0.2) is 4.39 Å². The highest BCUT2D eigenvalue weighted by atomic mass is 19.1. The summed E-state index contributed by atoms with van der Waals surface area (Å²) in [5, 5.41) is 3.41. The molecule has 1 N–H and O–H groups in total. The summed E-state index contributed by atoms with van der Waals surface area (Å²) in [6.45, 7) is 9.49. The number of benzene rings is 1. The van der Waals surface area contributed by atoms with Crippen molar-refractivity contribution in [3.63, 3.8) is 0 Å². The van der Waals surface area contributed by atoms with Crippen LogP contribution in [0.3, 0.4) is 0 Å². The number of rotatable bonds is 3. The van der Waals surface area contributed by atoms with E-state index in [9.17, 15) is 4.39 Å². The Hall–Kier alpha value is -0.930. The fraction of sp³-hybridized carbons (Fsp3) is 0.600. The van der Waals surface area contributed by atoms with Gasteiger partial charge in [0.1, 0.15) is 5.82 Å². The molecule has 0 spiro atoms. The summed E-state index contributed by atoms with van der Waals surface area (Å²) in [6.07, 6.45) is 0.935. The molecule has 100 valence electrons. The number of hydrogen-bond donors (Lipinski definition) is 1. The van der Waals surface area contributed by atoms with Crippen LogP contribution < -0.4 is 5.32 Å². The first-order valence-electron chi connectivity index (χ1n) is 6.78. The third kappa shape index (κ3) is 2.57. The van der Waals surface area contributed by atoms with Crippen molar-refractivity contribution in [2.75, 3.05) is 19.6 Å². The molecule has 1 aliphatic rings. The molecule has 1 saturated heterocycles. The van der Waals surface area contributed by atoms with Gasteiger partial charge in [0.15, 0.2) is 0 Å². The molecule has 1 atom stereocenters. The standard InChI is InChI=1S/C15H23FN2/c1-4-14(12-7-5-6-8-13(12)16)18-10-9-17-11-15(18,2)3/h5-8,14,17H,4,9-11H2,1-3H3. The third-order valence-electron chi connectivity index (χ3n) is 3.89. The molecule has 1 unspecified atom stereocenters. The van der Waals surface area contributed by atoms with Gasteiger partial charge in [-0.1, -0.05) is 25.1 Å². The van der Waals surface area contributed by atoms with Crippen molar-refractivity contribution in [3.05, 3.63) is 35.6 Å². The van der Waals surface area contributed by atoms with Crippen molar-refractivity contribution in [1.82, 2.24) is 10.2 Å². The van der Waals surface area contributed by atoms with Gasteiger partial charge in [-0.2, -0.15) is 0 Å². The second kappa shape index (κ2) is 5.37. The van der Waals surface area contributed by atoms with Crippen LogP contribution in [0.5, 0.6) is 0 Å². The van der Waals surface area contributed by atoms with Gasteiger partial charge >= 0.3 is 0 Å². The zero-order chi connectivity index (χ0) is 13.2. The van der Waals surface area contributed by atoms with Gasteiger partial charge in [0.2, 0.25) is 0 Å². The Bertz CT molecular complexity index is 403. The summed E-state index contributed by atoms with van der Waals surface area (Å²) in [6, 6.07) is 7.34. The van der Waals surface area contributed by atoms with E-state index < -0.39 is 0 Å². The zero-order valence-corrected chi connectivity index (χ0v) is 11.5. The molecule has 1 heterocycles. The maximum atomic E-state index is 14.0. The normalized spacial score (nSPS) is 21.8. The first-order chi connectivity index (χ1) is 8.56. The highest BCUT2D eigenvalue weighted by molar-refractivity contribution is 5.22. The van der Waals surface area contributed by atoms with E-state index in [-0.39, 0.29) is 17.4 Å². The lowest BCUT2D eigenvalue weighted by molar-refractivity contribution is 0.0407. The molecule has 0 aliphatic carbocycles. The van der Waals surface area contributed by atoms with E-state index in [4.69, 9.17) is 0 Å². The Morgan fingerprint density at radius 1 is 1.39 bits per heavy atom. The minimum Gasteiger partial charge on any atom is -0.314 e. The molecular weight excluding hydrogens is 227 g/mol. The number of piperazine rings is 1. The van der Waals surface area contributed by atoms with Crippen molar-refractivity contribution >= 4 is 0 Å². The molecule has 0 saturated carbocycles. The van der Waals surface area contributed by atoms with E-state index in [0.29, 0.717) is 0 Å². The summed E-state index contributed by atoms with van der Waals surface area (Å²) < 4.78 is 14.0. The molecule has 1 aliphatic heterocycles. The van der Waals surface area contributed by atoms with Crippen LogP contribution in [0.4, 0.5) is 4.39 Å². The van der Waals surface area contributed by atoms with Gasteiger partial charge in [0, 0.05) is 36.8 Å². The van der Waals surface area contributed by atoms with Crippen molar-refractivity contribution < 1.29 is 4.39 Å². The van der Waals surface area contributed by atoms with E-state index in [1.54, 1.807) is 12.1 Å². The van der Waals surface area contributed by atoms with Crippen LogP contribution in [0.15, 0.2) is 24.3 Å². The second-order valence-corrected chi connectivity index (χ2v) is 5.63. The summed E-state index contributed by atoms with van der Waals surface area (Å²) in [7, 11) is 0. The SMILES string of the molecule is CCC(c1ccccc1F)N1CCNCC1(C)C. The van der Waals surface area contributed by atoms with E-state index in [2.05, 4.69) is 31.0 Å². The number of nitrogens with one attached hydrogen (secondary N) is 1. The minimum absolute atomic E-state index is 0.0706. The van der Waals surface area contributed by atoms with Gasteiger partial charge in [-0.3, -0.25) is 4.90 Å². The van der Waals surface area contributed by atoms with E-state index in [1.165, 1.54) is 0 Å². The number of halogens is 1. The van der Waals surface area contributed by atoms with Crippen molar-refractivity contribution in [2.45, 2.75) is 38.8 Å². The molecule has 2 nitrogen and oxygen atoms in total. The van der Waals surface area contributed by atoms with Crippen molar-refractivity contribution in [1.29, 1.82) is 0 Å². The monoisotopic (exact) mass is 250 g/mol. The third-order valence-corrected chi connectivity index (χ3v) is 3.89. The predicted octanol–water partition coefficient (Wildman–Crippen LogP) is 2.96. The van der Waals surface area contributed by atoms with Crippen molar-refractivity contribution in [3.8, 4) is 0 Å². The molecule has 18 heavy (non-hydrogen) atoms. The first-order valence-corrected chi connectivity index (χ1v) is 6.78. The lowest BCUT2D eigenvalue weighted by Crippen LogP contribution is -2.58. The topological polar surface area (TPSA) is 15.3 Å². The molecule has 1 aromatic rings. The average molecular weight is 250 g/mol. The van der Waals surface area contributed by atoms with Crippen LogP contribution in [-0.4, -0.2) is 30.1 Å². The van der Waals surface area contributed by atoms with Crippen LogP contribution in [0.1, 0.15) is 38.8 Å². The van der Waals surface area contributed by atoms with Crippen LogP contribution in [0, 0.1) is 5.82 Å². The summed E-state index contributed by atoms with van der Waals surface area (Å²) in [4.78, 5) is 2.43. The highest BCUT2D eigenvalue weighted by Gasteiger charge is 2.35. The summed E-state index contributed by atoms with van der Waals surface area (Å²) in [5.74, 6) is -0.0846. The molecule has 0 radical (unpaired) electrons. The highest BCUT2D eigenvalue weighted by Crippen LogP contribution is 2.32. The molecule has 0 aromatic heterocycles.